The molecule has 11 heteroatoms. The van der Waals surface area contributed by atoms with Gasteiger partial charge in [0.05, 0.1) is 32.6 Å². The highest BCUT2D eigenvalue weighted by molar-refractivity contribution is 7.89. The molecule has 2 aliphatic rings. The van der Waals surface area contributed by atoms with Crippen LogP contribution < -0.4 is 4.90 Å². The lowest BCUT2D eigenvalue weighted by molar-refractivity contribution is 0.0602. The fourth-order valence-electron chi connectivity index (χ4n) is 3.08. The summed E-state index contributed by atoms with van der Waals surface area (Å²) in [5, 5.41) is 1.57. The maximum Gasteiger partial charge on any atom is 0.349 e. The second-order valence-corrected chi connectivity index (χ2v) is 8.94. The smallest absolute Gasteiger partial charge is 0.349 e. The van der Waals surface area contributed by atoms with Crippen LogP contribution in [0.1, 0.15) is 20.9 Å². The first-order chi connectivity index (χ1) is 13.0. The number of aromatic nitrogens is 2. The Morgan fingerprint density at radius 2 is 2.07 bits per heavy atom. The third kappa shape index (κ3) is 3.31. The van der Waals surface area contributed by atoms with Gasteiger partial charge in [0.15, 0.2) is 0 Å². The Kier molecular flexibility index (Phi) is 4.84. The predicted octanol–water partition coefficient (Wildman–Crippen LogP) is 0.866. The largest absolute Gasteiger partial charge is 0.465 e. The van der Waals surface area contributed by atoms with Crippen molar-refractivity contribution in [2.24, 2.45) is 0 Å². The highest BCUT2D eigenvalue weighted by Crippen LogP contribution is 2.32. The van der Waals surface area contributed by atoms with E-state index < -0.39 is 16.0 Å². The Balaban J connectivity index is 1.59. The number of morpholine rings is 1. The van der Waals surface area contributed by atoms with E-state index in [0.717, 1.165) is 16.9 Å². The molecule has 4 rings (SSSR count). The fraction of sp³-hybridized carbons (Fsp3) is 0.438. The summed E-state index contributed by atoms with van der Waals surface area (Å²) in [4.78, 5) is 22.9. The standard InChI is InChI=1S/C16H18N4O5S2/c1-24-15(21)14-13(2-7-26-14)27(22,23)20-9-11-8-17-16(18-12(11)10-20)19-3-5-25-6-4-19/h2,7-8H,3-6,9-10H2,1H3. The molecule has 0 spiro atoms. The Morgan fingerprint density at radius 3 is 2.81 bits per heavy atom. The zero-order valence-corrected chi connectivity index (χ0v) is 16.3. The van der Waals surface area contributed by atoms with Gasteiger partial charge in [-0.05, 0) is 11.4 Å². The van der Waals surface area contributed by atoms with E-state index in [2.05, 4.69) is 14.7 Å². The molecule has 0 unspecified atom stereocenters. The molecule has 0 radical (unpaired) electrons. The van der Waals surface area contributed by atoms with Crippen molar-refractivity contribution in [1.29, 1.82) is 0 Å². The number of methoxy groups -OCH3 is 1. The van der Waals surface area contributed by atoms with Crippen molar-refractivity contribution in [3.05, 3.63) is 33.8 Å². The molecule has 0 amide bonds. The van der Waals surface area contributed by atoms with E-state index >= 15 is 0 Å². The number of thiophene rings is 1. The van der Waals surface area contributed by atoms with Crippen LogP contribution in [0.25, 0.3) is 0 Å². The molecule has 0 bridgehead atoms. The first kappa shape index (κ1) is 18.3. The number of esters is 1. The van der Waals surface area contributed by atoms with E-state index in [1.54, 1.807) is 11.6 Å². The number of fused-ring (bicyclic) bond motifs is 1. The van der Waals surface area contributed by atoms with Gasteiger partial charge < -0.3 is 14.4 Å². The van der Waals surface area contributed by atoms with Crippen molar-refractivity contribution in [3.8, 4) is 0 Å². The zero-order chi connectivity index (χ0) is 19.0. The van der Waals surface area contributed by atoms with Gasteiger partial charge in [0.25, 0.3) is 0 Å². The summed E-state index contributed by atoms with van der Waals surface area (Å²) in [5.74, 6) is -0.0724. The van der Waals surface area contributed by atoms with Crippen LogP contribution in [-0.2, 0) is 32.6 Å². The summed E-state index contributed by atoms with van der Waals surface area (Å²) >= 11 is 1.05. The monoisotopic (exact) mass is 410 g/mol. The summed E-state index contributed by atoms with van der Waals surface area (Å²) in [6.45, 7) is 2.98. The van der Waals surface area contributed by atoms with Gasteiger partial charge in [-0.1, -0.05) is 0 Å². The molecule has 2 aliphatic heterocycles. The molecule has 1 fully saturated rings. The normalized spacial score (nSPS) is 17.7. The second-order valence-electron chi connectivity index (χ2n) is 6.12. The number of ether oxygens (including phenoxy) is 2. The minimum atomic E-state index is -3.84. The summed E-state index contributed by atoms with van der Waals surface area (Å²) in [7, 11) is -2.62. The van der Waals surface area contributed by atoms with Gasteiger partial charge >= 0.3 is 5.97 Å². The van der Waals surface area contributed by atoms with Crippen molar-refractivity contribution >= 4 is 33.3 Å². The van der Waals surface area contributed by atoms with Gasteiger partial charge in [0, 0.05) is 31.4 Å². The van der Waals surface area contributed by atoms with Crippen LogP contribution in [0.2, 0.25) is 0 Å². The van der Waals surface area contributed by atoms with E-state index in [1.807, 2.05) is 4.90 Å². The first-order valence-corrected chi connectivity index (χ1v) is 10.7. The number of sulfonamides is 1. The van der Waals surface area contributed by atoms with Crippen LogP contribution in [0, 0.1) is 0 Å². The van der Waals surface area contributed by atoms with Crippen LogP contribution in [-0.4, -0.2) is 62.1 Å². The van der Waals surface area contributed by atoms with Gasteiger partial charge in [-0.15, -0.1) is 11.3 Å². The van der Waals surface area contributed by atoms with Crippen LogP contribution in [0.3, 0.4) is 0 Å². The molecule has 2 aromatic heterocycles. The average Bonchev–Trinajstić information content (AvgIpc) is 3.35. The molecular weight excluding hydrogens is 392 g/mol. The van der Waals surface area contributed by atoms with Crippen molar-refractivity contribution in [3.63, 3.8) is 0 Å². The summed E-state index contributed by atoms with van der Waals surface area (Å²) in [5.41, 5.74) is 1.45. The molecule has 144 valence electrons. The molecular formula is C16H18N4O5S2. The van der Waals surface area contributed by atoms with E-state index in [1.165, 1.54) is 17.5 Å². The van der Waals surface area contributed by atoms with E-state index in [9.17, 15) is 13.2 Å². The fourth-order valence-corrected chi connectivity index (χ4v) is 5.77. The molecule has 27 heavy (non-hydrogen) atoms. The van der Waals surface area contributed by atoms with Crippen molar-refractivity contribution in [1.82, 2.24) is 14.3 Å². The summed E-state index contributed by atoms with van der Waals surface area (Å²) in [6.07, 6.45) is 1.68. The molecule has 0 atom stereocenters. The SMILES string of the molecule is COC(=O)c1sccc1S(=O)(=O)N1Cc2cnc(N3CCOCC3)nc2C1. The number of anilines is 1. The Labute approximate surface area is 160 Å². The van der Waals surface area contributed by atoms with E-state index in [4.69, 9.17) is 4.74 Å². The summed E-state index contributed by atoms with van der Waals surface area (Å²) < 4.78 is 37.4. The minimum absolute atomic E-state index is 0.0338. The van der Waals surface area contributed by atoms with Gasteiger partial charge in [0.1, 0.15) is 9.77 Å². The van der Waals surface area contributed by atoms with Gasteiger partial charge in [-0.25, -0.2) is 23.2 Å². The van der Waals surface area contributed by atoms with Crippen LogP contribution in [0.15, 0.2) is 22.5 Å². The maximum atomic E-state index is 13.0. The van der Waals surface area contributed by atoms with Gasteiger partial charge in [0.2, 0.25) is 16.0 Å². The van der Waals surface area contributed by atoms with Gasteiger partial charge in [-0.2, -0.15) is 4.31 Å². The average molecular weight is 410 g/mol. The molecule has 9 nitrogen and oxygen atoms in total. The Morgan fingerprint density at radius 1 is 1.30 bits per heavy atom. The van der Waals surface area contributed by atoms with Gasteiger partial charge in [-0.3, -0.25) is 0 Å². The lowest BCUT2D eigenvalue weighted by Crippen LogP contribution is -2.37. The van der Waals surface area contributed by atoms with E-state index in [-0.39, 0.29) is 22.9 Å². The number of carbonyl (C=O) groups excluding carboxylic acids is 1. The molecule has 0 N–H and O–H groups in total. The number of hydrogen-bond donors (Lipinski definition) is 0. The van der Waals surface area contributed by atoms with Crippen molar-refractivity contribution in [2.75, 3.05) is 38.3 Å². The van der Waals surface area contributed by atoms with Crippen molar-refractivity contribution in [2.45, 2.75) is 18.0 Å². The molecule has 0 aromatic carbocycles. The first-order valence-electron chi connectivity index (χ1n) is 8.34. The molecule has 0 saturated carbocycles. The van der Waals surface area contributed by atoms with Crippen LogP contribution >= 0.6 is 11.3 Å². The number of carbonyl (C=O) groups is 1. The second kappa shape index (κ2) is 7.15. The lowest BCUT2D eigenvalue weighted by Gasteiger charge is -2.26. The van der Waals surface area contributed by atoms with Crippen LogP contribution in [0.5, 0.6) is 0 Å². The molecule has 1 saturated heterocycles. The predicted molar refractivity (Wildman–Crippen MR) is 97.2 cm³/mol. The third-order valence-electron chi connectivity index (χ3n) is 4.53. The highest BCUT2D eigenvalue weighted by atomic mass is 32.2. The maximum absolute atomic E-state index is 13.0. The zero-order valence-electron chi connectivity index (χ0n) is 14.6. The minimum Gasteiger partial charge on any atom is -0.465 e. The quantitative estimate of drug-likeness (QED) is 0.684. The Hall–Kier alpha value is -2.08. The summed E-state index contributed by atoms with van der Waals surface area (Å²) in [6, 6.07) is 1.43. The topological polar surface area (TPSA) is 102 Å². The number of hydrogen-bond acceptors (Lipinski definition) is 9. The van der Waals surface area contributed by atoms with E-state index in [0.29, 0.717) is 37.9 Å². The lowest BCUT2D eigenvalue weighted by atomic mass is 10.3. The molecule has 0 aliphatic carbocycles. The highest BCUT2D eigenvalue weighted by Gasteiger charge is 2.35. The van der Waals surface area contributed by atoms with Crippen molar-refractivity contribution < 1.29 is 22.7 Å². The molecule has 4 heterocycles. The van der Waals surface area contributed by atoms with Crippen LogP contribution in [0.4, 0.5) is 5.95 Å². The third-order valence-corrected chi connectivity index (χ3v) is 7.38. The number of nitrogens with zero attached hydrogens (tertiary/aromatic N) is 4. The Bertz CT molecular complexity index is 969. The molecule has 2 aromatic rings. The number of rotatable bonds is 4.